The number of hydrogen-bond donors (Lipinski definition) is 1. The van der Waals surface area contributed by atoms with Crippen LogP contribution in [0.3, 0.4) is 0 Å². The van der Waals surface area contributed by atoms with Gasteiger partial charge in [0.1, 0.15) is 5.69 Å². The summed E-state index contributed by atoms with van der Waals surface area (Å²) in [7, 11) is 1.84. The fourth-order valence-electron chi connectivity index (χ4n) is 2.91. The van der Waals surface area contributed by atoms with Gasteiger partial charge in [0, 0.05) is 26.2 Å². The molecular formula is C15H25ClN4O. The van der Waals surface area contributed by atoms with Crippen molar-refractivity contribution in [2.24, 2.45) is 13.0 Å². The summed E-state index contributed by atoms with van der Waals surface area (Å²) in [6.07, 6.45) is 4.92. The number of rotatable bonds is 4. The van der Waals surface area contributed by atoms with Crippen molar-refractivity contribution >= 4 is 18.3 Å². The zero-order chi connectivity index (χ0) is 14.1. The van der Waals surface area contributed by atoms with Crippen LogP contribution in [0.4, 0.5) is 0 Å². The van der Waals surface area contributed by atoms with Crippen molar-refractivity contribution in [2.45, 2.75) is 38.6 Å². The first-order valence-electron chi connectivity index (χ1n) is 7.67. The van der Waals surface area contributed by atoms with Crippen molar-refractivity contribution in [3.8, 4) is 0 Å². The molecular weight excluding hydrogens is 288 g/mol. The molecule has 0 unspecified atom stereocenters. The lowest BCUT2D eigenvalue weighted by Crippen LogP contribution is -2.45. The van der Waals surface area contributed by atoms with Crippen molar-refractivity contribution in [3.05, 3.63) is 17.5 Å². The second-order valence-corrected chi connectivity index (χ2v) is 6.21. The number of aryl methyl sites for hydroxylation is 2. The van der Waals surface area contributed by atoms with E-state index in [1.807, 2.05) is 24.9 Å². The van der Waals surface area contributed by atoms with Crippen LogP contribution in [0.15, 0.2) is 6.07 Å². The van der Waals surface area contributed by atoms with Gasteiger partial charge in [0.05, 0.1) is 5.69 Å². The molecule has 6 heteroatoms. The summed E-state index contributed by atoms with van der Waals surface area (Å²) >= 11 is 0. The van der Waals surface area contributed by atoms with E-state index in [9.17, 15) is 4.79 Å². The third-order valence-electron chi connectivity index (χ3n) is 4.40. The SMILES string of the molecule is Cc1cc(C(=O)N2CCC(NCC3CC3)CC2)n(C)n1.Cl. The van der Waals surface area contributed by atoms with E-state index in [0.29, 0.717) is 11.7 Å². The van der Waals surface area contributed by atoms with Gasteiger partial charge < -0.3 is 10.2 Å². The minimum Gasteiger partial charge on any atom is -0.337 e. The number of nitrogens with one attached hydrogen (secondary N) is 1. The lowest BCUT2D eigenvalue weighted by atomic mass is 10.0. The minimum absolute atomic E-state index is 0. The number of aromatic nitrogens is 2. The highest BCUT2D eigenvalue weighted by molar-refractivity contribution is 5.92. The lowest BCUT2D eigenvalue weighted by molar-refractivity contribution is 0.0694. The molecule has 1 saturated carbocycles. The molecule has 1 amide bonds. The summed E-state index contributed by atoms with van der Waals surface area (Å²) in [5.74, 6) is 1.04. The fraction of sp³-hybridized carbons (Fsp3) is 0.733. The van der Waals surface area contributed by atoms with Crippen LogP contribution in [0.5, 0.6) is 0 Å². The lowest BCUT2D eigenvalue weighted by Gasteiger charge is -2.32. The Hall–Kier alpha value is -1.07. The van der Waals surface area contributed by atoms with Gasteiger partial charge in [-0.15, -0.1) is 12.4 Å². The van der Waals surface area contributed by atoms with E-state index < -0.39 is 0 Å². The molecule has 0 radical (unpaired) electrons. The molecule has 1 aliphatic heterocycles. The minimum atomic E-state index is 0. The van der Waals surface area contributed by atoms with Gasteiger partial charge in [0.25, 0.3) is 5.91 Å². The Balaban J connectivity index is 0.00000161. The Morgan fingerprint density at radius 3 is 2.52 bits per heavy atom. The summed E-state index contributed by atoms with van der Waals surface area (Å²) in [5, 5.41) is 7.90. The van der Waals surface area contributed by atoms with E-state index in [0.717, 1.165) is 37.5 Å². The summed E-state index contributed by atoms with van der Waals surface area (Å²) in [6.45, 7) is 4.79. The van der Waals surface area contributed by atoms with E-state index in [-0.39, 0.29) is 18.3 Å². The van der Waals surface area contributed by atoms with Gasteiger partial charge in [-0.3, -0.25) is 9.48 Å². The van der Waals surface area contributed by atoms with Gasteiger partial charge in [-0.25, -0.2) is 0 Å². The summed E-state index contributed by atoms with van der Waals surface area (Å²) in [5.41, 5.74) is 1.60. The number of carbonyl (C=O) groups excluding carboxylic acids is 1. The molecule has 0 aromatic carbocycles. The van der Waals surface area contributed by atoms with E-state index in [1.54, 1.807) is 4.68 Å². The smallest absolute Gasteiger partial charge is 0.272 e. The van der Waals surface area contributed by atoms with Gasteiger partial charge in [0.15, 0.2) is 0 Å². The molecule has 118 valence electrons. The van der Waals surface area contributed by atoms with Crippen molar-refractivity contribution < 1.29 is 4.79 Å². The van der Waals surface area contributed by atoms with Crippen LogP contribution in [-0.2, 0) is 7.05 Å². The molecule has 2 heterocycles. The second-order valence-electron chi connectivity index (χ2n) is 6.21. The highest BCUT2D eigenvalue weighted by atomic mass is 35.5. The van der Waals surface area contributed by atoms with Gasteiger partial charge in [-0.05, 0) is 51.1 Å². The number of likely N-dealkylation sites (tertiary alicyclic amines) is 1. The molecule has 0 spiro atoms. The van der Waals surface area contributed by atoms with Crippen molar-refractivity contribution in [3.63, 3.8) is 0 Å². The third-order valence-corrected chi connectivity index (χ3v) is 4.40. The molecule has 1 N–H and O–H groups in total. The molecule has 5 nitrogen and oxygen atoms in total. The second kappa shape index (κ2) is 6.79. The van der Waals surface area contributed by atoms with E-state index in [2.05, 4.69) is 10.4 Å². The van der Waals surface area contributed by atoms with Gasteiger partial charge in [-0.2, -0.15) is 5.10 Å². The summed E-state index contributed by atoms with van der Waals surface area (Å²) in [6, 6.07) is 2.47. The number of piperidine rings is 1. The van der Waals surface area contributed by atoms with E-state index in [4.69, 9.17) is 0 Å². The normalized spacial score (nSPS) is 19.4. The molecule has 0 atom stereocenters. The molecule has 21 heavy (non-hydrogen) atoms. The first-order valence-corrected chi connectivity index (χ1v) is 7.67. The Bertz CT molecular complexity index is 490. The number of halogens is 1. The maximum absolute atomic E-state index is 12.5. The van der Waals surface area contributed by atoms with Crippen LogP contribution in [-0.4, -0.2) is 46.3 Å². The zero-order valence-electron chi connectivity index (χ0n) is 12.8. The molecule has 2 aliphatic rings. The summed E-state index contributed by atoms with van der Waals surface area (Å²) in [4.78, 5) is 14.4. The number of hydrogen-bond acceptors (Lipinski definition) is 3. The third kappa shape index (κ3) is 3.98. The largest absolute Gasteiger partial charge is 0.337 e. The van der Waals surface area contributed by atoms with Crippen molar-refractivity contribution in [1.29, 1.82) is 0 Å². The van der Waals surface area contributed by atoms with E-state index in [1.165, 1.54) is 19.4 Å². The maximum Gasteiger partial charge on any atom is 0.272 e. The fourth-order valence-corrected chi connectivity index (χ4v) is 2.91. The van der Waals surface area contributed by atoms with Crippen LogP contribution < -0.4 is 5.32 Å². The molecule has 3 rings (SSSR count). The Labute approximate surface area is 132 Å². The van der Waals surface area contributed by atoms with Crippen LogP contribution in [0.25, 0.3) is 0 Å². The topological polar surface area (TPSA) is 50.2 Å². The van der Waals surface area contributed by atoms with Crippen molar-refractivity contribution in [1.82, 2.24) is 20.0 Å². The van der Waals surface area contributed by atoms with Crippen LogP contribution >= 0.6 is 12.4 Å². The van der Waals surface area contributed by atoms with E-state index >= 15 is 0 Å². The number of nitrogens with zero attached hydrogens (tertiary/aromatic N) is 3. The first kappa shape index (κ1) is 16.3. The quantitative estimate of drug-likeness (QED) is 0.921. The molecule has 2 fully saturated rings. The Morgan fingerprint density at radius 1 is 1.33 bits per heavy atom. The monoisotopic (exact) mass is 312 g/mol. The zero-order valence-corrected chi connectivity index (χ0v) is 13.7. The first-order chi connectivity index (χ1) is 9.63. The predicted octanol–water partition coefficient (Wildman–Crippen LogP) is 1.75. The van der Waals surface area contributed by atoms with Crippen molar-refractivity contribution in [2.75, 3.05) is 19.6 Å². The van der Waals surface area contributed by atoms with Crippen LogP contribution in [0, 0.1) is 12.8 Å². The predicted molar refractivity (Wildman–Crippen MR) is 84.8 cm³/mol. The van der Waals surface area contributed by atoms with Crippen LogP contribution in [0.2, 0.25) is 0 Å². The van der Waals surface area contributed by atoms with Gasteiger partial charge >= 0.3 is 0 Å². The van der Waals surface area contributed by atoms with Gasteiger partial charge in [-0.1, -0.05) is 0 Å². The van der Waals surface area contributed by atoms with Gasteiger partial charge in [0.2, 0.25) is 0 Å². The highest BCUT2D eigenvalue weighted by Gasteiger charge is 2.27. The molecule has 1 aromatic heterocycles. The Kier molecular flexibility index (Phi) is 5.27. The molecule has 1 saturated heterocycles. The number of carbonyl (C=O) groups is 1. The molecule has 1 aromatic rings. The molecule has 1 aliphatic carbocycles. The highest BCUT2D eigenvalue weighted by Crippen LogP contribution is 2.28. The average molecular weight is 313 g/mol. The Morgan fingerprint density at radius 2 is 2.00 bits per heavy atom. The van der Waals surface area contributed by atoms with Crippen LogP contribution in [0.1, 0.15) is 41.9 Å². The standard InChI is InChI=1S/C15H24N4O.ClH/c1-11-9-14(18(2)17-11)15(20)19-7-5-13(6-8-19)16-10-12-3-4-12;/h9,12-13,16H,3-8,10H2,1-2H3;1H. The molecule has 0 bridgehead atoms. The number of amides is 1. The summed E-state index contributed by atoms with van der Waals surface area (Å²) < 4.78 is 1.69. The average Bonchev–Trinajstić information content (AvgIpc) is 3.21. The maximum atomic E-state index is 12.5.